The smallest absolute Gasteiger partial charge is 0.222 e. The topological polar surface area (TPSA) is 83.7 Å². The number of carbonyl (C=O) groups is 1. The van der Waals surface area contributed by atoms with E-state index in [0.717, 1.165) is 43.9 Å². The molecule has 4 bridgehead atoms. The normalized spacial score (nSPS) is 38.3. The van der Waals surface area contributed by atoms with Crippen LogP contribution in [0.2, 0.25) is 0 Å². The summed E-state index contributed by atoms with van der Waals surface area (Å²) in [4.78, 5) is 16.9. The van der Waals surface area contributed by atoms with Gasteiger partial charge in [-0.25, -0.2) is 13.6 Å². The second kappa shape index (κ2) is 6.50. The lowest BCUT2D eigenvalue weighted by Gasteiger charge is -2.61. The molecule has 0 atom stereocenters. The van der Waals surface area contributed by atoms with E-state index in [4.69, 9.17) is 5.14 Å². The lowest BCUT2D eigenvalue weighted by Crippen LogP contribution is -2.64. The lowest BCUT2D eigenvalue weighted by atomic mass is 9.52. The zero-order valence-corrected chi connectivity index (χ0v) is 15.8. The summed E-state index contributed by atoms with van der Waals surface area (Å²) in [6.45, 7) is 3.53. The Bertz CT molecular complexity index is 590. The van der Waals surface area contributed by atoms with Gasteiger partial charge in [0, 0.05) is 38.1 Å². The highest BCUT2D eigenvalue weighted by Crippen LogP contribution is 2.57. The summed E-state index contributed by atoms with van der Waals surface area (Å²) in [5, 5.41) is 5.00. The van der Waals surface area contributed by atoms with E-state index in [1.54, 1.807) is 0 Å². The van der Waals surface area contributed by atoms with Crippen LogP contribution in [0.3, 0.4) is 0 Å². The van der Waals surface area contributed by atoms with Crippen molar-refractivity contribution in [1.29, 1.82) is 0 Å². The fourth-order valence-corrected chi connectivity index (χ4v) is 7.01. The van der Waals surface area contributed by atoms with Crippen LogP contribution in [0.5, 0.6) is 0 Å². The van der Waals surface area contributed by atoms with Gasteiger partial charge in [-0.2, -0.15) is 0 Å². The summed E-state index contributed by atoms with van der Waals surface area (Å²) in [7, 11) is -3.46. The maximum atomic E-state index is 12.3. The summed E-state index contributed by atoms with van der Waals surface area (Å²) in [5.41, 5.74) is 0.428. The van der Waals surface area contributed by atoms with Gasteiger partial charge in [-0.15, -0.1) is 0 Å². The number of nitrogens with two attached hydrogens (primary N) is 1. The van der Waals surface area contributed by atoms with Crippen LogP contribution in [0.25, 0.3) is 0 Å². The predicted octanol–water partition coefficient (Wildman–Crippen LogP) is 1.17. The van der Waals surface area contributed by atoms with Crippen LogP contribution in [-0.4, -0.2) is 61.6 Å². The first-order valence-corrected chi connectivity index (χ1v) is 11.6. The molecule has 0 aromatic carbocycles. The van der Waals surface area contributed by atoms with E-state index in [1.807, 2.05) is 4.90 Å². The number of carbonyl (C=O) groups excluding carboxylic acids is 1. The van der Waals surface area contributed by atoms with Crippen LogP contribution in [0.15, 0.2) is 0 Å². The molecular formula is C18H31N3O3S. The molecule has 1 aliphatic heterocycles. The number of hydrogen-bond acceptors (Lipinski definition) is 4. The molecule has 0 spiro atoms. The molecule has 0 unspecified atom stereocenters. The van der Waals surface area contributed by atoms with Gasteiger partial charge in [0.1, 0.15) is 0 Å². The Morgan fingerprint density at radius 1 is 0.960 bits per heavy atom. The van der Waals surface area contributed by atoms with Gasteiger partial charge in [0.05, 0.1) is 5.75 Å². The maximum Gasteiger partial charge on any atom is 0.222 e. The van der Waals surface area contributed by atoms with Gasteiger partial charge >= 0.3 is 0 Å². The first-order valence-electron chi connectivity index (χ1n) is 9.86. The van der Waals surface area contributed by atoms with E-state index < -0.39 is 10.0 Å². The molecule has 0 aromatic rings. The summed E-state index contributed by atoms with van der Waals surface area (Å²) < 4.78 is 22.0. The molecule has 0 radical (unpaired) electrons. The molecule has 4 aliphatic carbocycles. The SMILES string of the molecule is NS(=O)(=O)CCCC(=O)N1CCN(C23CC4CC(CC(C4)C2)C3)CC1. The Hall–Kier alpha value is -0.660. The summed E-state index contributed by atoms with van der Waals surface area (Å²) in [6, 6.07) is 0. The van der Waals surface area contributed by atoms with E-state index >= 15 is 0 Å². The van der Waals surface area contributed by atoms with Crippen molar-refractivity contribution in [2.45, 2.75) is 56.9 Å². The minimum atomic E-state index is -3.46. The van der Waals surface area contributed by atoms with Gasteiger partial charge in [0.25, 0.3) is 0 Å². The molecule has 25 heavy (non-hydrogen) atoms. The number of amides is 1. The second-order valence-corrected chi connectivity index (χ2v) is 10.7. The third-order valence-corrected chi connectivity index (χ3v) is 7.99. The van der Waals surface area contributed by atoms with Crippen molar-refractivity contribution in [3.8, 4) is 0 Å². The Labute approximate surface area is 151 Å². The standard InChI is InChI=1S/C18H31N3O3S/c19-25(23,24)7-1-2-17(22)20-3-5-21(6-4-20)18-11-14-8-15(12-18)10-16(9-14)13-18/h14-16H,1-13H2,(H2,19,23,24). The van der Waals surface area contributed by atoms with Crippen molar-refractivity contribution in [2.75, 3.05) is 31.9 Å². The largest absolute Gasteiger partial charge is 0.340 e. The molecule has 0 aromatic heterocycles. The van der Waals surface area contributed by atoms with Crippen LogP contribution >= 0.6 is 0 Å². The highest BCUT2D eigenvalue weighted by atomic mass is 32.2. The van der Waals surface area contributed by atoms with Crippen LogP contribution < -0.4 is 5.14 Å². The number of nitrogens with zero attached hydrogens (tertiary/aromatic N) is 2. The number of piperazine rings is 1. The van der Waals surface area contributed by atoms with Crippen LogP contribution in [0, 0.1) is 17.8 Å². The third-order valence-electron chi connectivity index (χ3n) is 7.13. The summed E-state index contributed by atoms with van der Waals surface area (Å²) in [6.07, 6.45) is 9.12. The highest BCUT2D eigenvalue weighted by Gasteiger charge is 2.53. The average Bonchev–Trinajstić information content (AvgIpc) is 2.52. The number of primary sulfonamides is 1. The van der Waals surface area contributed by atoms with Gasteiger partial charge in [-0.3, -0.25) is 9.69 Å². The van der Waals surface area contributed by atoms with E-state index in [0.29, 0.717) is 12.0 Å². The molecule has 5 aliphatic rings. The number of sulfonamides is 1. The van der Waals surface area contributed by atoms with Crippen LogP contribution in [-0.2, 0) is 14.8 Å². The van der Waals surface area contributed by atoms with E-state index in [2.05, 4.69) is 4.90 Å². The molecule has 1 heterocycles. The zero-order valence-electron chi connectivity index (χ0n) is 15.0. The number of hydrogen-bond donors (Lipinski definition) is 1. The first-order chi connectivity index (χ1) is 11.8. The molecule has 5 fully saturated rings. The third kappa shape index (κ3) is 3.74. The first kappa shape index (κ1) is 17.7. The van der Waals surface area contributed by atoms with Gasteiger partial charge < -0.3 is 4.90 Å². The van der Waals surface area contributed by atoms with Crippen molar-refractivity contribution in [3.05, 3.63) is 0 Å². The molecular weight excluding hydrogens is 338 g/mol. The predicted molar refractivity (Wildman–Crippen MR) is 96.3 cm³/mol. The molecule has 142 valence electrons. The van der Waals surface area contributed by atoms with Gasteiger partial charge in [0.15, 0.2) is 0 Å². The Kier molecular flexibility index (Phi) is 4.61. The average molecular weight is 370 g/mol. The molecule has 1 amide bonds. The van der Waals surface area contributed by atoms with Crippen molar-refractivity contribution in [1.82, 2.24) is 9.80 Å². The zero-order chi connectivity index (χ0) is 17.7. The summed E-state index contributed by atoms with van der Waals surface area (Å²) in [5.74, 6) is 2.82. The van der Waals surface area contributed by atoms with Gasteiger partial charge in [-0.1, -0.05) is 0 Å². The lowest BCUT2D eigenvalue weighted by molar-refractivity contribution is -0.138. The quantitative estimate of drug-likeness (QED) is 0.788. The maximum absolute atomic E-state index is 12.3. The molecule has 5 rings (SSSR count). The molecule has 4 saturated carbocycles. The minimum absolute atomic E-state index is 0.0776. The van der Waals surface area contributed by atoms with Crippen molar-refractivity contribution >= 4 is 15.9 Å². The van der Waals surface area contributed by atoms with Crippen LogP contribution in [0.4, 0.5) is 0 Å². The van der Waals surface area contributed by atoms with Crippen molar-refractivity contribution in [2.24, 2.45) is 22.9 Å². The Morgan fingerprint density at radius 3 is 1.96 bits per heavy atom. The molecule has 1 saturated heterocycles. The number of rotatable bonds is 5. The van der Waals surface area contributed by atoms with Crippen LogP contribution in [0.1, 0.15) is 51.4 Å². The van der Waals surface area contributed by atoms with E-state index in [9.17, 15) is 13.2 Å². The molecule has 7 heteroatoms. The Morgan fingerprint density at radius 2 is 1.48 bits per heavy atom. The molecule has 6 nitrogen and oxygen atoms in total. The minimum Gasteiger partial charge on any atom is -0.340 e. The fourth-order valence-electron chi connectivity index (χ4n) is 6.47. The molecule has 2 N–H and O–H groups in total. The van der Waals surface area contributed by atoms with E-state index in [-0.39, 0.29) is 18.1 Å². The van der Waals surface area contributed by atoms with Crippen molar-refractivity contribution in [3.63, 3.8) is 0 Å². The van der Waals surface area contributed by atoms with E-state index in [1.165, 1.54) is 38.5 Å². The highest BCUT2D eigenvalue weighted by molar-refractivity contribution is 7.89. The van der Waals surface area contributed by atoms with Crippen molar-refractivity contribution < 1.29 is 13.2 Å². The van der Waals surface area contributed by atoms with Gasteiger partial charge in [-0.05, 0) is 62.7 Å². The monoisotopic (exact) mass is 369 g/mol. The second-order valence-electron chi connectivity index (χ2n) is 8.98. The van der Waals surface area contributed by atoms with Gasteiger partial charge in [0.2, 0.25) is 15.9 Å². The Balaban J connectivity index is 1.29. The summed E-state index contributed by atoms with van der Waals surface area (Å²) >= 11 is 0. The fraction of sp³-hybridized carbons (Fsp3) is 0.944.